The van der Waals surface area contributed by atoms with Crippen LogP contribution >= 0.6 is 15.9 Å². The molecule has 0 saturated heterocycles. The Kier molecular flexibility index (Phi) is 5.95. The number of halogens is 2. The predicted octanol–water partition coefficient (Wildman–Crippen LogP) is 2.45. The molecule has 1 rings (SSSR count). The van der Waals surface area contributed by atoms with Crippen LogP contribution in [0.5, 0.6) is 0 Å². The largest absolute Gasteiger partial charge is 0.481 e. The lowest BCUT2D eigenvalue weighted by Gasteiger charge is -2.16. The summed E-state index contributed by atoms with van der Waals surface area (Å²) in [4.78, 5) is 23.7. The molecule has 0 unspecified atom stereocenters. The van der Waals surface area contributed by atoms with Crippen LogP contribution < -0.4 is 0 Å². The summed E-state index contributed by atoms with van der Waals surface area (Å²) in [6.45, 7) is 0.396. The normalized spacial score (nSPS) is 10.3. The third kappa shape index (κ3) is 5.38. The molecule has 0 aliphatic heterocycles. The van der Waals surface area contributed by atoms with Gasteiger partial charge in [-0.15, -0.1) is 0 Å². The van der Waals surface area contributed by atoms with E-state index in [4.69, 9.17) is 5.11 Å². The van der Waals surface area contributed by atoms with Crippen molar-refractivity contribution in [3.05, 3.63) is 34.1 Å². The van der Waals surface area contributed by atoms with Crippen LogP contribution in [0.1, 0.15) is 18.4 Å². The van der Waals surface area contributed by atoms with E-state index < -0.39 is 5.97 Å². The summed E-state index contributed by atoms with van der Waals surface area (Å²) in [5.41, 5.74) is 0.711. The second-order valence-electron chi connectivity index (χ2n) is 4.24. The molecule has 1 aromatic rings. The minimum Gasteiger partial charge on any atom is -0.481 e. The maximum atomic E-state index is 13.0. The average Bonchev–Trinajstić information content (AvgIpc) is 2.33. The van der Waals surface area contributed by atoms with Gasteiger partial charge in [-0.05, 0) is 40.0 Å². The Morgan fingerprint density at radius 1 is 1.42 bits per heavy atom. The topological polar surface area (TPSA) is 57.6 Å². The quantitative estimate of drug-likeness (QED) is 0.871. The molecule has 104 valence electrons. The molecule has 1 aromatic carbocycles. The standard InChI is InChI=1S/C13H15BrFNO3/c1-16(6-2-3-13(18)19)12(17)8-9-4-5-11(15)10(14)7-9/h4-5,7H,2-3,6,8H2,1H3,(H,18,19). The Balaban J connectivity index is 2.49. The number of carboxylic acids is 1. The Bertz CT molecular complexity index is 479. The van der Waals surface area contributed by atoms with E-state index in [1.54, 1.807) is 19.2 Å². The zero-order valence-corrected chi connectivity index (χ0v) is 12.1. The van der Waals surface area contributed by atoms with Gasteiger partial charge in [0.05, 0.1) is 10.9 Å². The van der Waals surface area contributed by atoms with Gasteiger partial charge < -0.3 is 10.0 Å². The number of hydrogen-bond acceptors (Lipinski definition) is 2. The first kappa shape index (κ1) is 15.6. The highest BCUT2D eigenvalue weighted by Gasteiger charge is 2.11. The third-order valence-corrected chi connectivity index (χ3v) is 3.26. The highest BCUT2D eigenvalue weighted by atomic mass is 79.9. The summed E-state index contributed by atoms with van der Waals surface area (Å²) < 4.78 is 13.4. The van der Waals surface area contributed by atoms with Crippen molar-refractivity contribution in [2.75, 3.05) is 13.6 Å². The lowest BCUT2D eigenvalue weighted by Crippen LogP contribution is -2.29. The van der Waals surface area contributed by atoms with Crippen LogP contribution in [0.2, 0.25) is 0 Å². The van der Waals surface area contributed by atoms with E-state index in [1.807, 2.05) is 0 Å². The van der Waals surface area contributed by atoms with Crippen LogP contribution in [0.4, 0.5) is 4.39 Å². The fourth-order valence-electron chi connectivity index (χ4n) is 1.55. The molecule has 0 heterocycles. The zero-order chi connectivity index (χ0) is 14.4. The van der Waals surface area contributed by atoms with Crippen molar-refractivity contribution in [3.63, 3.8) is 0 Å². The minimum atomic E-state index is -0.872. The molecule has 0 aromatic heterocycles. The van der Waals surface area contributed by atoms with Gasteiger partial charge in [0.15, 0.2) is 0 Å². The van der Waals surface area contributed by atoms with Gasteiger partial charge in [-0.2, -0.15) is 0 Å². The maximum absolute atomic E-state index is 13.0. The molecular weight excluding hydrogens is 317 g/mol. The van der Waals surface area contributed by atoms with Crippen LogP contribution in [0, 0.1) is 5.82 Å². The summed E-state index contributed by atoms with van der Waals surface area (Å²) in [6.07, 6.45) is 0.632. The van der Waals surface area contributed by atoms with Crippen LogP contribution in [-0.2, 0) is 16.0 Å². The molecule has 1 N–H and O–H groups in total. The zero-order valence-electron chi connectivity index (χ0n) is 10.5. The van der Waals surface area contributed by atoms with Crippen molar-refractivity contribution in [2.24, 2.45) is 0 Å². The molecule has 0 fully saturated rings. The SMILES string of the molecule is CN(CCCC(=O)O)C(=O)Cc1ccc(F)c(Br)c1. The molecule has 6 heteroatoms. The molecule has 0 radical (unpaired) electrons. The number of carbonyl (C=O) groups is 2. The number of nitrogens with zero attached hydrogens (tertiary/aromatic N) is 1. The van der Waals surface area contributed by atoms with Crippen molar-refractivity contribution < 1.29 is 19.1 Å². The summed E-state index contributed by atoms with van der Waals surface area (Å²) in [6, 6.07) is 4.43. The van der Waals surface area contributed by atoms with E-state index in [-0.39, 0.29) is 24.6 Å². The number of carboxylic acid groups (broad SMARTS) is 1. The second-order valence-corrected chi connectivity index (χ2v) is 5.09. The molecule has 19 heavy (non-hydrogen) atoms. The van der Waals surface area contributed by atoms with Crippen LogP contribution in [-0.4, -0.2) is 35.5 Å². The van der Waals surface area contributed by atoms with E-state index >= 15 is 0 Å². The van der Waals surface area contributed by atoms with Gasteiger partial charge in [0, 0.05) is 20.0 Å². The van der Waals surface area contributed by atoms with E-state index in [0.717, 1.165) is 0 Å². The number of aliphatic carboxylic acids is 1. The van der Waals surface area contributed by atoms with Gasteiger partial charge in [-0.3, -0.25) is 9.59 Å². The van der Waals surface area contributed by atoms with E-state index in [0.29, 0.717) is 23.0 Å². The molecule has 0 spiro atoms. The van der Waals surface area contributed by atoms with Gasteiger partial charge in [-0.1, -0.05) is 6.07 Å². The maximum Gasteiger partial charge on any atom is 0.303 e. The van der Waals surface area contributed by atoms with Crippen molar-refractivity contribution in [2.45, 2.75) is 19.3 Å². The average molecular weight is 332 g/mol. The number of carbonyl (C=O) groups excluding carboxylic acids is 1. The van der Waals surface area contributed by atoms with Gasteiger partial charge in [0.1, 0.15) is 5.82 Å². The van der Waals surface area contributed by atoms with E-state index in [2.05, 4.69) is 15.9 Å². The summed E-state index contributed by atoms with van der Waals surface area (Å²) in [5.74, 6) is -1.36. The van der Waals surface area contributed by atoms with Crippen molar-refractivity contribution in [1.82, 2.24) is 4.90 Å². The first-order chi connectivity index (χ1) is 8.90. The number of hydrogen-bond donors (Lipinski definition) is 1. The van der Waals surface area contributed by atoms with E-state index in [1.165, 1.54) is 11.0 Å². The van der Waals surface area contributed by atoms with Crippen LogP contribution in [0.15, 0.2) is 22.7 Å². The molecule has 0 bridgehead atoms. The highest BCUT2D eigenvalue weighted by molar-refractivity contribution is 9.10. The van der Waals surface area contributed by atoms with Crippen molar-refractivity contribution in [3.8, 4) is 0 Å². The van der Waals surface area contributed by atoms with Crippen molar-refractivity contribution in [1.29, 1.82) is 0 Å². The predicted molar refractivity (Wildman–Crippen MR) is 72.3 cm³/mol. The Labute approximate surface area is 119 Å². The molecule has 0 saturated carbocycles. The molecule has 0 atom stereocenters. The summed E-state index contributed by atoms with van der Waals surface area (Å²) >= 11 is 3.07. The van der Waals surface area contributed by atoms with Gasteiger partial charge in [0.25, 0.3) is 0 Å². The number of benzene rings is 1. The first-order valence-corrected chi connectivity index (χ1v) is 6.59. The van der Waals surface area contributed by atoms with Crippen molar-refractivity contribution >= 4 is 27.8 Å². The molecular formula is C13H15BrFNO3. The van der Waals surface area contributed by atoms with Gasteiger partial charge >= 0.3 is 5.97 Å². The fourth-order valence-corrected chi connectivity index (χ4v) is 1.98. The van der Waals surface area contributed by atoms with E-state index in [9.17, 15) is 14.0 Å². The van der Waals surface area contributed by atoms with Gasteiger partial charge in [-0.25, -0.2) is 4.39 Å². The monoisotopic (exact) mass is 331 g/mol. The molecule has 1 amide bonds. The number of amides is 1. The molecule has 4 nitrogen and oxygen atoms in total. The third-order valence-electron chi connectivity index (χ3n) is 2.65. The molecule has 0 aliphatic carbocycles. The fraction of sp³-hybridized carbons (Fsp3) is 0.385. The Morgan fingerprint density at radius 2 is 2.11 bits per heavy atom. The number of likely N-dealkylation sites (N-methyl/N-ethyl adjacent to an activating group) is 1. The Hall–Kier alpha value is -1.43. The smallest absolute Gasteiger partial charge is 0.303 e. The minimum absolute atomic E-state index is 0.0414. The lowest BCUT2D eigenvalue weighted by molar-refractivity contribution is -0.138. The highest BCUT2D eigenvalue weighted by Crippen LogP contribution is 2.17. The Morgan fingerprint density at radius 3 is 2.68 bits per heavy atom. The second kappa shape index (κ2) is 7.23. The van der Waals surface area contributed by atoms with Crippen LogP contribution in [0.3, 0.4) is 0 Å². The summed E-state index contributed by atoms with van der Waals surface area (Å²) in [7, 11) is 1.63. The lowest BCUT2D eigenvalue weighted by atomic mass is 10.1. The first-order valence-electron chi connectivity index (χ1n) is 5.80. The van der Waals surface area contributed by atoms with Crippen LogP contribution in [0.25, 0.3) is 0 Å². The summed E-state index contributed by atoms with van der Waals surface area (Å²) in [5, 5.41) is 8.51. The van der Waals surface area contributed by atoms with Gasteiger partial charge in [0.2, 0.25) is 5.91 Å². The number of rotatable bonds is 6. The molecule has 0 aliphatic rings.